The van der Waals surface area contributed by atoms with Crippen LogP contribution in [0.1, 0.15) is 38.2 Å². The number of nitrogen functional groups attached to an aromatic ring is 1. The Kier molecular flexibility index (Phi) is 9.49. The maximum atomic E-state index is 17.0. The Labute approximate surface area is 309 Å². The van der Waals surface area contributed by atoms with Crippen molar-refractivity contribution < 1.29 is 27.3 Å². The van der Waals surface area contributed by atoms with Gasteiger partial charge in [-0.3, -0.25) is 4.90 Å². The van der Waals surface area contributed by atoms with Crippen molar-refractivity contribution in [3.63, 3.8) is 0 Å². The van der Waals surface area contributed by atoms with E-state index in [1.54, 1.807) is 11.9 Å². The van der Waals surface area contributed by atoms with Crippen LogP contribution in [0.15, 0.2) is 24.5 Å². The number of fused-ring (bicyclic) bond motifs is 3. The molecular formula is C34H32Cl2F3N10O2S+. The minimum absolute atomic E-state index is 0.0129. The Morgan fingerprint density at radius 1 is 1.35 bits per heavy atom. The summed E-state index contributed by atoms with van der Waals surface area (Å²) in [7, 11) is 1.75. The van der Waals surface area contributed by atoms with E-state index in [4.69, 9.17) is 38.7 Å². The zero-order valence-electron chi connectivity index (χ0n) is 28.0. The number of amides is 1. The number of anilines is 2. The second kappa shape index (κ2) is 13.8. The molecule has 2 aliphatic heterocycles. The van der Waals surface area contributed by atoms with Crippen LogP contribution in [0.5, 0.6) is 6.01 Å². The lowest BCUT2D eigenvalue weighted by Gasteiger charge is -2.31. The molecule has 0 unspecified atom stereocenters. The van der Waals surface area contributed by atoms with Gasteiger partial charge in [-0.05, 0) is 65.4 Å². The molecule has 0 spiro atoms. The quantitative estimate of drug-likeness (QED) is 0.127. The highest BCUT2D eigenvalue weighted by Gasteiger charge is 2.49. The molecule has 0 aliphatic carbocycles. The summed E-state index contributed by atoms with van der Waals surface area (Å²) in [6, 6.07) is 5.08. The molecule has 52 heavy (non-hydrogen) atoms. The van der Waals surface area contributed by atoms with Gasteiger partial charge in [0.15, 0.2) is 5.82 Å². The summed E-state index contributed by atoms with van der Waals surface area (Å²) in [4.78, 5) is 29.6. The summed E-state index contributed by atoms with van der Waals surface area (Å²) in [6.07, 6.45) is 2.55. The molecule has 1 amide bonds. The first-order valence-corrected chi connectivity index (χ1v) is 17.9. The number of thiophene rings is 1. The molecule has 2 fully saturated rings. The lowest BCUT2D eigenvalue weighted by molar-refractivity contribution is -0.421. The van der Waals surface area contributed by atoms with Gasteiger partial charge in [0, 0.05) is 48.8 Å². The molecule has 7 rings (SSSR count). The average molecular weight is 773 g/mol. The van der Waals surface area contributed by atoms with E-state index in [1.165, 1.54) is 29.1 Å². The molecule has 5 heterocycles. The fraction of sp³-hybridized carbons (Fsp3) is 0.382. The Morgan fingerprint density at radius 2 is 2.13 bits per heavy atom. The van der Waals surface area contributed by atoms with Crippen molar-refractivity contribution >= 4 is 79.1 Å². The predicted molar refractivity (Wildman–Crippen MR) is 194 cm³/mol. The maximum absolute atomic E-state index is 17.0. The van der Waals surface area contributed by atoms with Gasteiger partial charge < -0.3 is 15.4 Å². The topological polar surface area (TPSA) is 142 Å². The van der Waals surface area contributed by atoms with Crippen molar-refractivity contribution in [3.05, 3.63) is 52.0 Å². The summed E-state index contributed by atoms with van der Waals surface area (Å²) < 4.78 is 55.0. The van der Waals surface area contributed by atoms with Crippen molar-refractivity contribution in [2.24, 2.45) is 0 Å². The molecule has 2 aliphatic rings. The number of carbonyl (C=O) groups is 1. The molecule has 2 aromatic carbocycles. The summed E-state index contributed by atoms with van der Waals surface area (Å²) in [5, 5.41) is 14.1. The first kappa shape index (κ1) is 35.8. The number of rotatable bonds is 9. The van der Waals surface area contributed by atoms with Crippen LogP contribution >= 0.6 is 34.5 Å². The van der Waals surface area contributed by atoms with Gasteiger partial charge in [0.25, 0.3) is 5.28 Å². The summed E-state index contributed by atoms with van der Waals surface area (Å²) >= 11 is 13.5. The van der Waals surface area contributed by atoms with E-state index in [-0.39, 0.29) is 84.0 Å². The van der Waals surface area contributed by atoms with Crippen LogP contribution in [0.25, 0.3) is 32.1 Å². The molecule has 3 atom stereocenters. The van der Waals surface area contributed by atoms with Crippen molar-refractivity contribution in [1.82, 2.24) is 29.6 Å². The maximum Gasteiger partial charge on any atom is 0.524 e. The second-order valence-corrected chi connectivity index (χ2v) is 14.9. The van der Waals surface area contributed by atoms with E-state index in [0.717, 1.165) is 35.4 Å². The first-order chi connectivity index (χ1) is 24.8. The number of halogens is 5. The third-order valence-corrected chi connectivity index (χ3v) is 11.5. The van der Waals surface area contributed by atoms with Gasteiger partial charge in [-0.15, -0.1) is 11.3 Å². The molecule has 18 heteroatoms. The molecule has 5 aromatic rings. The number of nitrogens with zero attached hydrogens (tertiary/aromatic N) is 9. The van der Waals surface area contributed by atoms with Gasteiger partial charge in [-0.25, -0.2) is 17.7 Å². The smallest absolute Gasteiger partial charge is 0.461 e. The van der Waals surface area contributed by atoms with E-state index >= 15 is 4.39 Å². The Bertz CT molecular complexity index is 2310. The number of nitriles is 1. The molecule has 12 nitrogen and oxygen atoms in total. The largest absolute Gasteiger partial charge is 0.524 e. The average Bonchev–Trinajstić information content (AvgIpc) is 3.88. The number of alkyl halides is 1. The van der Waals surface area contributed by atoms with E-state index in [1.807, 2.05) is 13.0 Å². The number of carbonyl (C=O) groups excluding carboxylic acids is 1. The molecule has 0 saturated carbocycles. The minimum atomic E-state index is -0.982. The molecular weight excluding hydrogens is 740 g/mol. The van der Waals surface area contributed by atoms with Crippen molar-refractivity contribution in [2.75, 3.05) is 43.9 Å². The van der Waals surface area contributed by atoms with Crippen LogP contribution in [-0.2, 0) is 0 Å². The van der Waals surface area contributed by atoms with Gasteiger partial charge in [-0.2, -0.15) is 25.0 Å². The number of aromatic nitrogens is 5. The number of hydrogen-bond donors (Lipinski definition) is 1. The predicted octanol–water partition coefficient (Wildman–Crippen LogP) is 6.69. The van der Waals surface area contributed by atoms with Crippen LogP contribution < -0.4 is 15.4 Å². The highest BCUT2D eigenvalue weighted by Crippen LogP contribution is 2.46. The summed E-state index contributed by atoms with van der Waals surface area (Å²) in [5.41, 5.74) is 5.49. The van der Waals surface area contributed by atoms with Crippen molar-refractivity contribution in [1.29, 1.82) is 5.26 Å². The molecule has 3 aromatic heterocycles. The standard InChI is InChI=1S/C34H32Cl2F3N10O2S/c1-17(7-10-46(2)33(50)49-16-42-31(36)45-49)47(3)30-20-11-22(35)25(19-5-6-23(38)28-24(19)21(13-40)29(41)52-28)26(39)27(20)43-32(44-30)51-15-34-8-4-9-48(34)14-18(37)12-34/h5-6,11,16-18H,2,4,7-10,12,14-15,41H2,1,3H3/q+1/t17-,18-,34+/m1/s1. The molecule has 2 saturated heterocycles. The van der Waals surface area contributed by atoms with Crippen LogP contribution in [0.3, 0.4) is 0 Å². The lowest BCUT2D eigenvalue weighted by Crippen LogP contribution is -2.43. The first-order valence-electron chi connectivity index (χ1n) is 16.4. The van der Waals surface area contributed by atoms with Gasteiger partial charge in [0.2, 0.25) is 6.33 Å². The molecule has 0 bridgehead atoms. The van der Waals surface area contributed by atoms with E-state index < -0.39 is 29.4 Å². The summed E-state index contributed by atoms with van der Waals surface area (Å²) in [5.74, 6) is -1.17. The lowest BCUT2D eigenvalue weighted by atomic mass is 9.95. The third-order valence-electron chi connectivity index (χ3n) is 10.0. The second-order valence-electron chi connectivity index (χ2n) is 13.1. The van der Waals surface area contributed by atoms with Gasteiger partial charge in [0.05, 0.1) is 34.1 Å². The number of benzene rings is 2. The van der Waals surface area contributed by atoms with Crippen LogP contribution in [-0.4, -0.2) is 98.0 Å². The monoisotopic (exact) mass is 771 g/mol. The summed E-state index contributed by atoms with van der Waals surface area (Å²) in [6.45, 7) is 7.09. The van der Waals surface area contributed by atoms with Crippen molar-refractivity contribution in [3.8, 4) is 23.2 Å². The molecule has 0 radical (unpaired) electrons. The van der Waals surface area contributed by atoms with Crippen LogP contribution in [0, 0.1) is 23.0 Å². The van der Waals surface area contributed by atoms with E-state index in [0.29, 0.717) is 19.4 Å². The number of nitrogens with two attached hydrogens (primary N) is 1. The highest BCUT2D eigenvalue weighted by molar-refractivity contribution is 7.23. The Morgan fingerprint density at radius 3 is 2.87 bits per heavy atom. The van der Waals surface area contributed by atoms with E-state index in [2.05, 4.69) is 26.7 Å². The van der Waals surface area contributed by atoms with Gasteiger partial charge >= 0.3 is 12.0 Å². The minimum Gasteiger partial charge on any atom is -0.461 e. The fourth-order valence-corrected chi connectivity index (χ4v) is 8.59. The van der Waals surface area contributed by atoms with Gasteiger partial charge in [0.1, 0.15) is 41.0 Å². The SMILES string of the molecule is C=[N+](CC[C@@H](C)N(C)c1nc(OC[C@@]23CCCN2C[C@H](F)C3)nc2c(F)c(-c3ccc(F)c4sc(N)c(C#N)c34)c(Cl)cc12)C(=O)n1cnc(Cl)n1. The van der Waals surface area contributed by atoms with Crippen LogP contribution in [0.4, 0.5) is 28.8 Å². The highest BCUT2D eigenvalue weighted by atomic mass is 35.5. The molecule has 2 N–H and O–H groups in total. The zero-order valence-corrected chi connectivity index (χ0v) is 30.4. The number of ether oxygens (including phenoxy) is 1. The van der Waals surface area contributed by atoms with Gasteiger partial charge in [-0.1, -0.05) is 17.7 Å². The molecule has 270 valence electrons. The zero-order chi connectivity index (χ0) is 37.1. The van der Waals surface area contributed by atoms with Crippen LogP contribution in [0.2, 0.25) is 10.3 Å². The Hall–Kier alpha value is -4.56. The third kappa shape index (κ3) is 6.19. The van der Waals surface area contributed by atoms with Crippen molar-refractivity contribution in [2.45, 2.75) is 50.4 Å². The fourth-order valence-electron chi connectivity index (χ4n) is 7.22. The normalized spacial score (nSPS) is 19.2. The number of hydrogen-bond acceptors (Lipinski definition) is 11. The van der Waals surface area contributed by atoms with E-state index in [9.17, 15) is 18.8 Å². The Balaban J connectivity index is 1.29.